The van der Waals surface area contributed by atoms with E-state index in [2.05, 4.69) is 42.1 Å². The maximum absolute atomic E-state index is 5.04. The lowest BCUT2D eigenvalue weighted by Gasteiger charge is -2.24. The number of methoxy groups -OCH3 is 1. The Bertz CT molecular complexity index is 605. The predicted molar refractivity (Wildman–Crippen MR) is 82.9 cm³/mol. The molecule has 0 saturated carbocycles. The van der Waals surface area contributed by atoms with Crippen molar-refractivity contribution in [1.82, 2.24) is 20.1 Å². The lowest BCUT2D eigenvalue weighted by Crippen LogP contribution is -2.23. The number of nitrogens with zero attached hydrogens (tertiary/aromatic N) is 4. The van der Waals surface area contributed by atoms with E-state index in [-0.39, 0.29) is 0 Å². The van der Waals surface area contributed by atoms with Crippen molar-refractivity contribution in [2.45, 2.75) is 25.4 Å². The molecular formula is C15H17BrN4O. The predicted octanol–water partition coefficient (Wildman–Crippen LogP) is 2.98. The van der Waals surface area contributed by atoms with Crippen molar-refractivity contribution in [2.24, 2.45) is 0 Å². The van der Waals surface area contributed by atoms with E-state index in [0.717, 1.165) is 29.7 Å². The first kappa shape index (κ1) is 14.4. The van der Waals surface area contributed by atoms with Gasteiger partial charge in [-0.25, -0.2) is 0 Å². The van der Waals surface area contributed by atoms with E-state index >= 15 is 0 Å². The largest absolute Gasteiger partial charge is 0.480 e. The topological polar surface area (TPSA) is 51.1 Å². The molecule has 1 aliphatic rings. The molecule has 1 unspecified atom stereocenters. The van der Waals surface area contributed by atoms with Gasteiger partial charge < -0.3 is 4.74 Å². The average molecular weight is 349 g/mol. The molecule has 110 valence electrons. The van der Waals surface area contributed by atoms with E-state index in [0.29, 0.717) is 11.9 Å². The van der Waals surface area contributed by atoms with Gasteiger partial charge in [0.15, 0.2) is 0 Å². The monoisotopic (exact) mass is 348 g/mol. The summed E-state index contributed by atoms with van der Waals surface area (Å²) in [6.45, 7) is 1.87. The molecule has 0 N–H and O–H groups in total. The van der Waals surface area contributed by atoms with Crippen LogP contribution >= 0.6 is 15.9 Å². The second kappa shape index (κ2) is 6.49. The van der Waals surface area contributed by atoms with Gasteiger partial charge in [0.25, 0.3) is 0 Å². The van der Waals surface area contributed by atoms with Gasteiger partial charge in [0.2, 0.25) is 5.88 Å². The summed E-state index contributed by atoms with van der Waals surface area (Å²) < 4.78 is 6.07. The smallest absolute Gasteiger partial charge is 0.233 e. The normalized spacial score (nSPS) is 18.9. The van der Waals surface area contributed by atoms with Crippen LogP contribution in [0.1, 0.15) is 30.1 Å². The maximum atomic E-state index is 5.04. The Kier molecular flexibility index (Phi) is 4.45. The highest BCUT2D eigenvalue weighted by Crippen LogP contribution is 2.33. The van der Waals surface area contributed by atoms with Crippen LogP contribution in [0.5, 0.6) is 5.88 Å². The zero-order chi connectivity index (χ0) is 14.7. The molecule has 2 aromatic heterocycles. The van der Waals surface area contributed by atoms with E-state index < -0.39 is 0 Å². The third-order valence-corrected chi connectivity index (χ3v) is 4.18. The van der Waals surface area contributed by atoms with Crippen LogP contribution in [0.3, 0.4) is 0 Å². The van der Waals surface area contributed by atoms with Crippen LogP contribution in [0.4, 0.5) is 0 Å². The summed E-state index contributed by atoms with van der Waals surface area (Å²) in [6.07, 6.45) is 6.12. The molecular weight excluding hydrogens is 332 g/mol. The molecule has 3 rings (SSSR count). The molecule has 1 fully saturated rings. The number of likely N-dealkylation sites (tertiary alicyclic amines) is 1. The number of aromatic nitrogens is 3. The Morgan fingerprint density at radius 3 is 2.95 bits per heavy atom. The molecule has 21 heavy (non-hydrogen) atoms. The summed E-state index contributed by atoms with van der Waals surface area (Å²) in [4.78, 5) is 6.71. The molecule has 0 aliphatic carbocycles. The fraction of sp³-hybridized carbons (Fsp3) is 0.400. The van der Waals surface area contributed by atoms with Crippen LogP contribution in [-0.2, 0) is 6.54 Å². The number of hydrogen-bond acceptors (Lipinski definition) is 5. The van der Waals surface area contributed by atoms with E-state index in [1.807, 2.05) is 24.5 Å². The third kappa shape index (κ3) is 3.39. The molecule has 1 aliphatic heterocycles. The fourth-order valence-electron chi connectivity index (χ4n) is 2.75. The molecule has 0 spiro atoms. The lowest BCUT2D eigenvalue weighted by molar-refractivity contribution is 0.244. The first-order valence-corrected chi connectivity index (χ1v) is 7.76. The molecule has 3 heterocycles. The average Bonchev–Trinajstić information content (AvgIpc) is 2.96. The van der Waals surface area contributed by atoms with E-state index in [9.17, 15) is 0 Å². The molecule has 0 aromatic carbocycles. The SMILES string of the molecule is COc1ccc(CN2CCCC2c2cncc(Br)c2)nn1. The standard InChI is InChI=1S/C15H17BrN4O/c1-21-15-5-4-13(18-19-15)10-20-6-2-3-14(20)11-7-12(16)9-17-8-11/h4-5,7-9,14H,2-3,6,10H2,1H3. The van der Waals surface area contributed by atoms with Gasteiger partial charge in [0, 0.05) is 35.5 Å². The minimum absolute atomic E-state index is 0.402. The molecule has 2 aromatic rings. The highest BCUT2D eigenvalue weighted by Gasteiger charge is 2.26. The van der Waals surface area contributed by atoms with Crippen molar-refractivity contribution in [3.63, 3.8) is 0 Å². The minimum atomic E-state index is 0.402. The maximum Gasteiger partial charge on any atom is 0.233 e. The van der Waals surface area contributed by atoms with Crippen molar-refractivity contribution >= 4 is 15.9 Å². The Hall–Kier alpha value is -1.53. The Balaban J connectivity index is 1.74. The van der Waals surface area contributed by atoms with Gasteiger partial charge in [-0.2, -0.15) is 5.10 Å². The number of hydrogen-bond donors (Lipinski definition) is 0. The molecule has 0 bridgehead atoms. The zero-order valence-electron chi connectivity index (χ0n) is 11.9. The minimum Gasteiger partial charge on any atom is -0.480 e. The molecule has 1 atom stereocenters. The summed E-state index contributed by atoms with van der Waals surface area (Å²) in [5, 5.41) is 8.25. The van der Waals surface area contributed by atoms with Crippen molar-refractivity contribution in [1.29, 1.82) is 0 Å². The van der Waals surface area contributed by atoms with Crippen LogP contribution in [-0.4, -0.2) is 33.7 Å². The molecule has 0 radical (unpaired) electrons. The summed E-state index contributed by atoms with van der Waals surface area (Å²) in [5.74, 6) is 0.549. The van der Waals surface area contributed by atoms with E-state index in [4.69, 9.17) is 4.74 Å². The van der Waals surface area contributed by atoms with Crippen LogP contribution in [0.2, 0.25) is 0 Å². The lowest BCUT2D eigenvalue weighted by atomic mass is 10.1. The van der Waals surface area contributed by atoms with Crippen LogP contribution in [0, 0.1) is 0 Å². The Morgan fingerprint density at radius 2 is 2.24 bits per heavy atom. The third-order valence-electron chi connectivity index (χ3n) is 3.74. The first-order chi connectivity index (χ1) is 10.3. The second-order valence-corrected chi connectivity index (χ2v) is 6.05. The van der Waals surface area contributed by atoms with Gasteiger partial charge in [0.05, 0.1) is 12.8 Å². The number of pyridine rings is 1. The molecule has 0 amide bonds. The van der Waals surface area contributed by atoms with Crippen molar-refractivity contribution in [3.8, 4) is 5.88 Å². The Labute approximate surface area is 132 Å². The van der Waals surface area contributed by atoms with Crippen LogP contribution in [0.25, 0.3) is 0 Å². The van der Waals surface area contributed by atoms with Gasteiger partial charge >= 0.3 is 0 Å². The van der Waals surface area contributed by atoms with Gasteiger partial charge in [-0.3, -0.25) is 9.88 Å². The quantitative estimate of drug-likeness (QED) is 0.849. The summed E-state index contributed by atoms with van der Waals surface area (Å²) in [7, 11) is 1.60. The first-order valence-electron chi connectivity index (χ1n) is 6.97. The van der Waals surface area contributed by atoms with Crippen molar-refractivity contribution in [2.75, 3.05) is 13.7 Å². The van der Waals surface area contributed by atoms with Crippen LogP contribution < -0.4 is 4.74 Å². The summed E-state index contributed by atoms with van der Waals surface area (Å²) >= 11 is 3.49. The number of ether oxygens (including phenoxy) is 1. The number of rotatable bonds is 4. The second-order valence-electron chi connectivity index (χ2n) is 5.13. The number of halogens is 1. The van der Waals surface area contributed by atoms with Crippen molar-refractivity contribution in [3.05, 3.63) is 46.3 Å². The molecule has 5 nitrogen and oxygen atoms in total. The van der Waals surface area contributed by atoms with Crippen LogP contribution in [0.15, 0.2) is 35.1 Å². The van der Waals surface area contributed by atoms with E-state index in [1.165, 1.54) is 12.0 Å². The highest BCUT2D eigenvalue weighted by molar-refractivity contribution is 9.10. The van der Waals surface area contributed by atoms with Gasteiger partial charge in [-0.15, -0.1) is 5.10 Å². The van der Waals surface area contributed by atoms with Crippen molar-refractivity contribution < 1.29 is 4.74 Å². The van der Waals surface area contributed by atoms with Gasteiger partial charge in [-0.05, 0) is 53.0 Å². The highest BCUT2D eigenvalue weighted by atomic mass is 79.9. The molecule has 6 heteroatoms. The Morgan fingerprint density at radius 1 is 1.33 bits per heavy atom. The van der Waals surface area contributed by atoms with Gasteiger partial charge in [-0.1, -0.05) is 0 Å². The fourth-order valence-corrected chi connectivity index (χ4v) is 3.13. The van der Waals surface area contributed by atoms with Gasteiger partial charge in [0.1, 0.15) is 0 Å². The summed E-state index contributed by atoms with van der Waals surface area (Å²) in [6, 6.07) is 6.38. The molecule has 1 saturated heterocycles. The zero-order valence-corrected chi connectivity index (χ0v) is 13.5. The summed E-state index contributed by atoms with van der Waals surface area (Å²) in [5.41, 5.74) is 2.22. The van der Waals surface area contributed by atoms with E-state index in [1.54, 1.807) is 7.11 Å².